The average molecular weight is 557 g/mol. The molecule has 0 aromatic heterocycles. The SMILES string of the molecule is C=CCN(C(=O)C1N([C@@H](CO)Cc2ccccc2)C(=O)[C@@H]2[C@@H](C(=O)O)[C@H]3CCC12S3)c1ccc2ccccc2c1. The molecule has 3 aliphatic heterocycles. The van der Waals surface area contributed by atoms with E-state index in [2.05, 4.69) is 6.58 Å². The first-order valence-electron chi connectivity index (χ1n) is 13.7. The molecule has 3 saturated heterocycles. The molecule has 6 atom stereocenters. The number of aliphatic carboxylic acids is 1. The number of aliphatic hydroxyl groups is 1. The molecular weight excluding hydrogens is 524 g/mol. The van der Waals surface area contributed by atoms with Crippen molar-refractivity contribution in [3.05, 3.63) is 91.0 Å². The number of likely N-dealkylation sites (tertiary alicyclic amines) is 1. The molecule has 0 saturated carbocycles. The highest BCUT2D eigenvalue weighted by Gasteiger charge is 2.74. The van der Waals surface area contributed by atoms with Gasteiger partial charge in [0.05, 0.1) is 29.2 Å². The Bertz CT molecular complexity index is 1480. The Labute approximate surface area is 237 Å². The van der Waals surface area contributed by atoms with Gasteiger partial charge in [-0.1, -0.05) is 66.7 Å². The fourth-order valence-electron chi connectivity index (χ4n) is 7.13. The van der Waals surface area contributed by atoms with Crippen molar-refractivity contribution in [2.24, 2.45) is 11.8 Å². The standard InChI is InChI=1S/C32H32N2O5S/c1-2-16-33(23-13-12-21-10-6-7-11-22(21)18-23)30(37)28-32-15-14-25(40-32)26(31(38)39)27(32)29(36)34(28)24(19-35)17-20-8-4-3-5-9-20/h2-13,18,24-28,35H,1,14-17,19H2,(H,38,39)/t24-,25-,26+,27+,28?,32?/m1/s1. The van der Waals surface area contributed by atoms with Gasteiger partial charge in [-0.25, -0.2) is 0 Å². The summed E-state index contributed by atoms with van der Waals surface area (Å²) in [6.45, 7) is 3.78. The molecule has 2 bridgehead atoms. The van der Waals surface area contributed by atoms with Gasteiger partial charge in [0, 0.05) is 17.5 Å². The number of aliphatic hydroxyl groups excluding tert-OH is 1. The highest BCUT2D eigenvalue weighted by molar-refractivity contribution is 8.02. The zero-order chi connectivity index (χ0) is 28.0. The number of carboxylic acid groups (broad SMARTS) is 1. The Balaban J connectivity index is 1.45. The van der Waals surface area contributed by atoms with Gasteiger partial charge in [0.1, 0.15) is 6.04 Å². The molecule has 2 amide bonds. The van der Waals surface area contributed by atoms with E-state index in [4.69, 9.17) is 0 Å². The van der Waals surface area contributed by atoms with Crippen LogP contribution in [0.15, 0.2) is 85.5 Å². The van der Waals surface area contributed by atoms with Crippen LogP contribution in [-0.2, 0) is 20.8 Å². The van der Waals surface area contributed by atoms with E-state index in [1.807, 2.05) is 72.8 Å². The number of benzene rings is 3. The number of amides is 2. The lowest BCUT2D eigenvalue weighted by molar-refractivity contribution is -0.149. The summed E-state index contributed by atoms with van der Waals surface area (Å²) in [5, 5.41) is 22.6. The number of rotatable bonds is 9. The fraction of sp³-hybridized carbons (Fsp3) is 0.344. The molecule has 6 rings (SSSR count). The van der Waals surface area contributed by atoms with E-state index in [1.54, 1.807) is 15.9 Å². The van der Waals surface area contributed by atoms with Gasteiger partial charge in [0.15, 0.2) is 0 Å². The first-order chi connectivity index (χ1) is 19.4. The molecule has 8 heteroatoms. The number of thioether (sulfide) groups is 1. The van der Waals surface area contributed by atoms with Crippen molar-refractivity contribution >= 4 is 46.0 Å². The third-order valence-corrected chi connectivity index (χ3v) is 10.7. The summed E-state index contributed by atoms with van der Waals surface area (Å²) in [5.41, 5.74) is 1.62. The Hall–Kier alpha value is -3.62. The number of carboxylic acids is 1. The van der Waals surface area contributed by atoms with Crippen LogP contribution >= 0.6 is 11.8 Å². The average Bonchev–Trinajstić information content (AvgIpc) is 3.62. The number of carbonyl (C=O) groups is 3. The number of hydrogen-bond acceptors (Lipinski definition) is 5. The molecule has 2 N–H and O–H groups in total. The van der Waals surface area contributed by atoms with Gasteiger partial charge in [-0.05, 0) is 47.7 Å². The van der Waals surface area contributed by atoms with Gasteiger partial charge in [0.2, 0.25) is 5.91 Å². The van der Waals surface area contributed by atoms with E-state index in [-0.39, 0.29) is 30.2 Å². The Kier molecular flexibility index (Phi) is 6.92. The maximum absolute atomic E-state index is 14.7. The molecule has 206 valence electrons. The smallest absolute Gasteiger partial charge is 0.308 e. The Morgan fingerprint density at radius 1 is 1.10 bits per heavy atom. The second kappa shape index (κ2) is 10.4. The monoisotopic (exact) mass is 556 g/mol. The van der Waals surface area contributed by atoms with Crippen LogP contribution in [0.25, 0.3) is 10.8 Å². The second-order valence-electron chi connectivity index (χ2n) is 10.9. The molecule has 3 heterocycles. The van der Waals surface area contributed by atoms with Crippen molar-refractivity contribution in [2.75, 3.05) is 18.1 Å². The van der Waals surface area contributed by atoms with E-state index in [1.165, 1.54) is 11.8 Å². The van der Waals surface area contributed by atoms with Crippen molar-refractivity contribution in [1.82, 2.24) is 4.90 Å². The third-order valence-electron chi connectivity index (χ3n) is 8.80. The Morgan fingerprint density at radius 3 is 2.52 bits per heavy atom. The van der Waals surface area contributed by atoms with Crippen LogP contribution in [0.5, 0.6) is 0 Å². The van der Waals surface area contributed by atoms with Gasteiger partial charge >= 0.3 is 5.97 Å². The highest BCUT2D eigenvalue weighted by Crippen LogP contribution is 2.66. The van der Waals surface area contributed by atoms with Crippen molar-refractivity contribution < 1.29 is 24.6 Å². The predicted octanol–water partition coefficient (Wildman–Crippen LogP) is 4.14. The maximum Gasteiger partial charge on any atom is 0.308 e. The molecule has 40 heavy (non-hydrogen) atoms. The van der Waals surface area contributed by atoms with Gasteiger partial charge in [-0.3, -0.25) is 14.4 Å². The largest absolute Gasteiger partial charge is 0.481 e. The van der Waals surface area contributed by atoms with Crippen LogP contribution in [0, 0.1) is 11.8 Å². The third kappa shape index (κ3) is 4.12. The lowest BCUT2D eigenvalue weighted by atomic mass is 9.71. The highest BCUT2D eigenvalue weighted by atomic mass is 32.2. The van der Waals surface area contributed by atoms with E-state index in [9.17, 15) is 24.6 Å². The van der Waals surface area contributed by atoms with E-state index >= 15 is 0 Å². The van der Waals surface area contributed by atoms with Crippen LogP contribution < -0.4 is 4.90 Å². The molecule has 0 radical (unpaired) electrons. The van der Waals surface area contributed by atoms with Crippen LogP contribution in [0.3, 0.4) is 0 Å². The minimum absolute atomic E-state index is 0.209. The molecule has 3 fully saturated rings. The zero-order valence-electron chi connectivity index (χ0n) is 22.1. The lowest BCUT2D eigenvalue weighted by Crippen LogP contribution is -2.58. The number of nitrogens with zero attached hydrogens (tertiary/aromatic N) is 2. The molecule has 3 aromatic carbocycles. The topological polar surface area (TPSA) is 98.2 Å². The molecule has 7 nitrogen and oxygen atoms in total. The van der Waals surface area contributed by atoms with Crippen LogP contribution in [0.2, 0.25) is 0 Å². The number of carbonyl (C=O) groups excluding carboxylic acids is 2. The van der Waals surface area contributed by atoms with E-state index < -0.39 is 34.6 Å². The summed E-state index contributed by atoms with van der Waals surface area (Å²) < 4.78 is -0.859. The van der Waals surface area contributed by atoms with E-state index in [0.717, 1.165) is 16.3 Å². The van der Waals surface area contributed by atoms with Crippen molar-refractivity contribution in [1.29, 1.82) is 0 Å². The van der Waals surface area contributed by atoms with Gasteiger partial charge < -0.3 is 20.0 Å². The van der Waals surface area contributed by atoms with Crippen LogP contribution in [0.4, 0.5) is 5.69 Å². The Morgan fingerprint density at radius 2 is 1.82 bits per heavy atom. The molecule has 3 aliphatic rings. The summed E-state index contributed by atoms with van der Waals surface area (Å²) in [6, 6.07) is 21.7. The lowest BCUT2D eigenvalue weighted by Gasteiger charge is -2.39. The second-order valence-corrected chi connectivity index (χ2v) is 12.5. The van der Waals surface area contributed by atoms with Crippen molar-refractivity contribution in [3.63, 3.8) is 0 Å². The first kappa shape index (κ1) is 26.6. The quantitative estimate of drug-likeness (QED) is 0.385. The molecule has 1 spiro atoms. The molecule has 0 aliphatic carbocycles. The maximum atomic E-state index is 14.7. The first-order valence-corrected chi connectivity index (χ1v) is 14.6. The summed E-state index contributed by atoms with van der Waals surface area (Å²) in [4.78, 5) is 44.6. The van der Waals surface area contributed by atoms with Gasteiger partial charge in [0.25, 0.3) is 5.91 Å². The number of hydrogen-bond donors (Lipinski definition) is 2. The predicted molar refractivity (Wildman–Crippen MR) is 156 cm³/mol. The molecular formula is C32H32N2O5S. The van der Waals surface area contributed by atoms with Gasteiger partial charge in [-0.2, -0.15) is 0 Å². The normalized spacial score (nSPS) is 27.5. The number of fused-ring (bicyclic) bond motifs is 2. The zero-order valence-corrected chi connectivity index (χ0v) is 22.9. The summed E-state index contributed by atoms with van der Waals surface area (Å²) in [7, 11) is 0. The van der Waals surface area contributed by atoms with Crippen LogP contribution in [0.1, 0.15) is 18.4 Å². The minimum Gasteiger partial charge on any atom is -0.481 e. The van der Waals surface area contributed by atoms with E-state index in [0.29, 0.717) is 24.9 Å². The fourth-order valence-corrected chi connectivity index (χ4v) is 9.32. The molecule has 3 aromatic rings. The van der Waals surface area contributed by atoms with Crippen LogP contribution in [-0.4, -0.2) is 68.1 Å². The number of anilines is 1. The summed E-state index contributed by atoms with van der Waals surface area (Å²) in [5.74, 6) is -3.26. The summed E-state index contributed by atoms with van der Waals surface area (Å²) >= 11 is 1.50. The summed E-state index contributed by atoms with van der Waals surface area (Å²) in [6.07, 6.45) is 3.25. The molecule has 2 unspecified atom stereocenters. The van der Waals surface area contributed by atoms with Crippen molar-refractivity contribution in [3.8, 4) is 0 Å². The van der Waals surface area contributed by atoms with Crippen molar-refractivity contribution in [2.45, 2.75) is 41.3 Å². The minimum atomic E-state index is -0.994. The van der Waals surface area contributed by atoms with Gasteiger partial charge in [-0.15, -0.1) is 18.3 Å².